The molecule has 0 radical (unpaired) electrons. The maximum Gasteiger partial charge on any atom is 0.319 e. The number of ether oxygens (including phenoxy) is 1. The van der Waals surface area contributed by atoms with Crippen molar-refractivity contribution in [2.45, 2.75) is 20.4 Å². The standard InChI is InChI=1S/C10H16N2O2S/c1-7-8(2)15-9(11-7)5-12(3)6-10(13)14-4/h5-6H2,1-4H3. The van der Waals surface area contributed by atoms with E-state index < -0.39 is 0 Å². The lowest BCUT2D eigenvalue weighted by Gasteiger charge is -2.12. The van der Waals surface area contributed by atoms with E-state index in [1.165, 1.54) is 12.0 Å². The highest BCUT2D eigenvalue weighted by Crippen LogP contribution is 2.17. The van der Waals surface area contributed by atoms with Gasteiger partial charge in [0.05, 0.1) is 25.9 Å². The fraction of sp³-hybridized carbons (Fsp3) is 0.600. The molecule has 0 atom stereocenters. The summed E-state index contributed by atoms with van der Waals surface area (Å²) < 4.78 is 4.59. The molecule has 4 nitrogen and oxygen atoms in total. The Morgan fingerprint density at radius 2 is 2.20 bits per heavy atom. The third kappa shape index (κ3) is 3.60. The van der Waals surface area contributed by atoms with Crippen LogP contribution in [0.1, 0.15) is 15.6 Å². The Labute approximate surface area is 93.9 Å². The molecule has 0 unspecified atom stereocenters. The summed E-state index contributed by atoms with van der Waals surface area (Å²) in [5, 5.41) is 1.04. The van der Waals surface area contributed by atoms with Crippen LogP contribution in [0.15, 0.2) is 0 Å². The van der Waals surface area contributed by atoms with Gasteiger partial charge in [0.1, 0.15) is 5.01 Å². The van der Waals surface area contributed by atoms with E-state index in [0.29, 0.717) is 13.1 Å². The first-order chi connectivity index (χ1) is 7.02. The SMILES string of the molecule is COC(=O)CN(C)Cc1nc(C)c(C)s1. The van der Waals surface area contributed by atoms with Crippen molar-refractivity contribution in [2.24, 2.45) is 0 Å². The van der Waals surface area contributed by atoms with Crippen molar-refractivity contribution in [3.05, 3.63) is 15.6 Å². The molecule has 1 heterocycles. The molecule has 0 aliphatic rings. The van der Waals surface area contributed by atoms with E-state index in [9.17, 15) is 4.79 Å². The minimum absolute atomic E-state index is 0.220. The van der Waals surface area contributed by atoms with Crippen LogP contribution in [0.2, 0.25) is 0 Å². The van der Waals surface area contributed by atoms with E-state index in [1.807, 2.05) is 18.9 Å². The molecule has 0 aliphatic heterocycles. The third-order valence-corrected chi connectivity index (χ3v) is 3.16. The highest BCUT2D eigenvalue weighted by atomic mass is 32.1. The number of rotatable bonds is 4. The summed E-state index contributed by atoms with van der Waals surface area (Å²) in [6.07, 6.45) is 0. The van der Waals surface area contributed by atoms with Crippen molar-refractivity contribution in [3.63, 3.8) is 0 Å². The highest BCUT2D eigenvalue weighted by Gasteiger charge is 2.10. The lowest BCUT2D eigenvalue weighted by atomic mass is 10.4. The van der Waals surface area contributed by atoms with Gasteiger partial charge in [-0.2, -0.15) is 0 Å². The van der Waals surface area contributed by atoms with E-state index in [0.717, 1.165) is 10.7 Å². The zero-order chi connectivity index (χ0) is 11.4. The van der Waals surface area contributed by atoms with E-state index in [-0.39, 0.29) is 5.97 Å². The van der Waals surface area contributed by atoms with Crippen LogP contribution in [0.4, 0.5) is 0 Å². The second-order valence-corrected chi connectivity index (χ2v) is 4.79. The normalized spacial score (nSPS) is 10.7. The zero-order valence-corrected chi connectivity index (χ0v) is 10.3. The van der Waals surface area contributed by atoms with Crippen LogP contribution in [0, 0.1) is 13.8 Å². The van der Waals surface area contributed by atoms with Gasteiger partial charge < -0.3 is 4.74 Å². The van der Waals surface area contributed by atoms with Crippen molar-refractivity contribution in [1.29, 1.82) is 0 Å². The molecule has 0 fully saturated rings. The van der Waals surface area contributed by atoms with Crippen molar-refractivity contribution in [1.82, 2.24) is 9.88 Å². The summed E-state index contributed by atoms with van der Waals surface area (Å²) in [5.74, 6) is -0.220. The molecule has 1 rings (SSSR count). The fourth-order valence-electron chi connectivity index (χ4n) is 1.18. The quantitative estimate of drug-likeness (QED) is 0.730. The average molecular weight is 228 g/mol. The lowest BCUT2D eigenvalue weighted by molar-refractivity contribution is -0.141. The predicted molar refractivity (Wildman–Crippen MR) is 59.9 cm³/mol. The molecule has 5 heteroatoms. The Balaban J connectivity index is 2.51. The van der Waals surface area contributed by atoms with Crippen LogP contribution in [-0.2, 0) is 16.1 Å². The van der Waals surface area contributed by atoms with Gasteiger partial charge in [-0.1, -0.05) is 0 Å². The van der Waals surface area contributed by atoms with Crippen molar-refractivity contribution in [2.75, 3.05) is 20.7 Å². The number of hydrogen-bond acceptors (Lipinski definition) is 5. The number of nitrogens with zero attached hydrogens (tertiary/aromatic N) is 2. The average Bonchev–Trinajstić information content (AvgIpc) is 2.45. The van der Waals surface area contributed by atoms with Gasteiger partial charge in [0.15, 0.2) is 0 Å². The lowest BCUT2D eigenvalue weighted by Crippen LogP contribution is -2.26. The number of methoxy groups -OCH3 is 1. The number of carbonyl (C=O) groups is 1. The number of thiazole rings is 1. The summed E-state index contributed by atoms with van der Waals surface area (Å²) in [5.41, 5.74) is 1.07. The predicted octanol–water partition coefficient (Wildman–Crippen LogP) is 1.36. The van der Waals surface area contributed by atoms with Gasteiger partial charge in [0.2, 0.25) is 0 Å². The first kappa shape index (κ1) is 12.1. The summed E-state index contributed by atoms with van der Waals surface area (Å²) >= 11 is 1.67. The Kier molecular flexibility index (Phi) is 4.23. The van der Waals surface area contributed by atoms with Crippen LogP contribution in [0.5, 0.6) is 0 Å². The molecule has 0 saturated heterocycles. The third-order valence-electron chi connectivity index (χ3n) is 2.10. The second-order valence-electron chi connectivity index (χ2n) is 3.50. The molecular formula is C10H16N2O2S. The molecule has 0 N–H and O–H groups in total. The molecule has 0 spiro atoms. The summed E-state index contributed by atoms with van der Waals surface area (Å²) in [6, 6.07) is 0. The first-order valence-corrected chi connectivity index (χ1v) is 5.53. The molecule has 15 heavy (non-hydrogen) atoms. The monoisotopic (exact) mass is 228 g/mol. The first-order valence-electron chi connectivity index (χ1n) is 4.71. The minimum atomic E-state index is -0.220. The van der Waals surface area contributed by atoms with Crippen LogP contribution in [0.25, 0.3) is 0 Å². The second kappa shape index (κ2) is 5.23. The van der Waals surface area contributed by atoms with E-state index in [1.54, 1.807) is 11.3 Å². The van der Waals surface area contributed by atoms with Crippen molar-refractivity contribution < 1.29 is 9.53 Å². The number of carbonyl (C=O) groups excluding carboxylic acids is 1. The number of aryl methyl sites for hydroxylation is 2. The van der Waals surface area contributed by atoms with Gasteiger partial charge >= 0.3 is 5.97 Å². The summed E-state index contributed by atoms with van der Waals surface area (Å²) in [4.78, 5) is 18.5. The fourth-order valence-corrected chi connectivity index (χ4v) is 2.19. The van der Waals surface area contributed by atoms with Gasteiger partial charge in [-0.05, 0) is 20.9 Å². The van der Waals surface area contributed by atoms with Crippen LogP contribution < -0.4 is 0 Å². The van der Waals surface area contributed by atoms with Gasteiger partial charge in [-0.3, -0.25) is 9.69 Å². The molecule has 0 amide bonds. The zero-order valence-electron chi connectivity index (χ0n) is 9.53. The smallest absolute Gasteiger partial charge is 0.319 e. The van der Waals surface area contributed by atoms with Gasteiger partial charge in [0.25, 0.3) is 0 Å². The van der Waals surface area contributed by atoms with Gasteiger partial charge in [-0.15, -0.1) is 11.3 Å². The number of hydrogen-bond donors (Lipinski definition) is 0. The van der Waals surface area contributed by atoms with Crippen LogP contribution in [0.3, 0.4) is 0 Å². The number of likely N-dealkylation sites (N-methyl/N-ethyl adjacent to an activating group) is 1. The minimum Gasteiger partial charge on any atom is -0.468 e. The molecule has 0 aromatic carbocycles. The molecule has 1 aromatic heterocycles. The molecule has 0 saturated carbocycles. The Morgan fingerprint density at radius 3 is 2.67 bits per heavy atom. The van der Waals surface area contributed by atoms with Crippen molar-refractivity contribution in [3.8, 4) is 0 Å². The Bertz CT molecular complexity index is 330. The van der Waals surface area contributed by atoms with Crippen molar-refractivity contribution >= 4 is 17.3 Å². The Morgan fingerprint density at radius 1 is 1.53 bits per heavy atom. The van der Waals surface area contributed by atoms with Crippen LogP contribution >= 0.6 is 11.3 Å². The number of aromatic nitrogens is 1. The van der Waals surface area contributed by atoms with E-state index in [4.69, 9.17) is 0 Å². The summed E-state index contributed by atoms with van der Waals surface area (Å²) in [6.45, 7) is 5.04. The Hall–Kier alpha value is -0.940. The highest BCUT2D eigenvalue weighted by molar-refractivity contribution is 7.11. The molecule has 1 aromatic rings. The number of esters is 1. The largest absolute Gasteiger partial charge is 0.468 e. The summed E-state index contributed by atoms with van der Waals surface area (Å²) in [7, 11) is 3.27. The van der Waals surface area contributed by atoms with Crippen LogP contribution in [-0.4, -0.2) is 36.6 Å². The molecule has 0 aliphatic carbocycles. The topological polar surface area (TPSA) is 42.4 Å². The van der Waals surface area contributed by atoms with Gasteiger partial charge in [0, 0.05) is 4.88 Å². The molecular weight excluding hydrogens is 212 g/mol. The van der Waals surface area contributed by atoms with Gasteiger partial charge in [-0.25, -0.2) is 4.98 Å². The van der Waals surface area contributed by atoms with E-state index >= 15 is 0 Å². The molecule has 84 valence electrons. The van der Waals surface area contributed by atoms with E-state index in [2.05, 4.69) is 16.6 Å². The maximum atomic E-state index is 11.0. The molecule has 0 bridgehead atoms. The maximum absolute atomic E-state index is 11.0.